The Morgan fingerprint density at radius 1 is 1.20 bits per heavy atom. The molecule has 1 aromatic rings. The van der Waals surface area contributed by atoms with E-state index in [-0.39, 0.29) is 18.6 Å². The number of benzene rings is 1. The zero-order valence-corrected chi connectivity index (χ0v) is 12.2. The van der Waals surface area contributed by atoms with Gasteiger partial charge in [-0.05, 0) is 25.1 Å². The number of terminal acetylenes is 1. The molecule has 0 amide bonds. The minimum absolute atomic E-state index is 0.112. The van der Waals surface area contributed by atoms with Crippen LogP contribution in [0.5, 0.6) is 5.75 Å². The predicted octanol–water partition coefficient (Wildman–Crippen LogP) is 3.24. The van der Waals surface area contributed by atoms with Crippen LogP contribution in [0.4, 0.5) is 0 Å². The first kappa shape index (κ1) is 16.4. The molecule has 0 aliphatic rings. The average molecular weight is 315 g/mol. The van der Waals surface area contributed by atoms with Crippen molar-refractivity contribution in [3.05, 3.63) is 28.2 Å². The summed E-state index contributed by atoms with van der Waals surface area (Å²) in [5.41, 5.74) is 0. The Kier molecular flexibility index (Phi) is 6.37. The first-order valence-corrected chi connectivity index (χ1v) is 6.48. The van der Waals surface area contributed by atoms with Crippen molar-refractivity contribution in [1.29, 1.82) is 0 Å². The molecule has 0 aliphatic carbocycles. The van der Waals surface area contributed by atoms with E-state index in [9.17, 15) is 9.59 Å². The monoisotopic (exact) mass is 314 g/mol. The van der Waals surface area contributed by atoms with Gasteiger partial charge in [-0.2, -0.15) is 0 Å². The highest BCUT2D eigenvalue weighted by molar-refractivity contribution is 6.34. The van der Waals surface area contributed by atoms with E-state index in [4.69, 9.17) is 39.1 Å². The van der Waals surface area contributed by atoms with E-state index in [0.29, 0.717) is 10.0 Å². The largest absolute Gasteiger partial charge is 0.449 e. The van der Waals surface area contributed by atoms with Gasteiger partial charge in [0.05, 0.1) is 12.8 Å². The lowest BCUT2D eigenvalue weighted by Crippen LogP contribution is -2.16. The summed E-state index contributed by atoms with van der Waals surface area (Å²) in [6, 6.07) is 4.41. The van der Waals surface area contributed by atoms with Gasteiger partial charge in [0.25, 0.3) is 0 Å². The SMILES string of the molecule is C#CC(C)OC(=O)CCC(=O)Oc1cc(Cl)cc(Cl)c1. The molecule has 4 nitrogen and oxygen atoms in total. The number of esters is 2. The minimum Gasteiger partial charge on any atom is -0.449 e. The number of carbonyl (C=O) groups is 2. The average Bonchev–Trinajstić information content (AvgIpc) is 2.35. The summed E-state index contributed by atoms with van der Waals surface area (Å²) in [7, 11) is 0. The highest BCUT2D eigenvalue weighted by Gasteiger charge is 2.12. The molecule has 0 bridgehead atoms. The van der Waals surface area contributed by atoms with Crippen molar-refractivity contribution in [2.45, 2.75) is 25.9 Å². The summed E-state index contributed by atoms with van der Waals surface area (Å²) in [6.07, 6.45) is 4.21. The maximum Gasteiger partial charge on any atom is 0.311 e. The molecule has 0 heterocycles. The minimum atomic E-state index is -0.620. The molecule has 1 rings (SSSR count). The first-order chi connectivity index (χ1) is 9.40. The Labute approximate surface area is 127 Å². The maximum atomic E-state index is 11.5. The van der Waals surface area contributed by atoms with E-state index >= 15 is 0 Å². The van der Waals surface area contributed by atoms with Gasteiger partial charge in [0.15, 0.2) is 6.10 Å². The summed E-state index contributed by atoms with van der Waals surface area (Å²) in [4.78, 5) is 22.8. The van der Waals surface area contributed by atoms with Crippen LogP contribution in [0.2, 0.25) is 10.0 Å². The van der Waals surface area contributed by atoms with Crippen LogP contribution in [0.1, 0.15) is 19.8 Å². The third-order valence-electron chi connectivity index (χ3n) is 2.14. The Balaban J connectivity index is 2.44. The fourth-order valence-electron chi connectivity index (χ4n) is 1.26. The molecule has 0 spiro atoms. The van der Waals surface area contributed by atoms with Crippen LogP contribution in [0.15, 0.2) is 18.2 Å². The standard InChI is InChI=1S/C14H12Cl2O4/c1-3-9(2)19-13(17)4-5-14(18)20-12-7-10(15)6-11(16)8-12/h1,6-9H,4-5H2,2H3. The molecule has 6 heteroatoms. The van der Waals surface area contributed by atoms with Gasteiger partial charge < -0.3 is 9.47 Å². The molecule has 0 aliphatic heterocycles. The van der Waals surface area contributed by atoms with Crippen LogP contribution in [0.25, 0.3) is 0 Å². The molecule has 0 N–H and O–H groups in total. The lowest BCUT2D eigenvalue weighted by Gasteiger charge is -2.07. The van der Waals surface area contributed by atoms with Gasteiger partial charge in [0, 0.05) is 10.0 Å². The number of hydrogen-bond donors (Lipinski definition) is 0. The number of halogens is 2. The smallest absolute Gasteiger partial charge is 0.311 e. The maximum absolute atomic E-state index is 11.5. The van der Waals surface area contributed by atoms with Gasteiger partial charge >= 0.3 is 11.9 Å². The van der Waals surface area contributed by atoms with E-state index in [1.807, 2.05) is 0 Å². The quantitative estimate of drug-likeness (QED) is 0.475. The Hall–Kier alpha value is -1.70. The fourth-order valence-corrected chi connectivity index (χ4v) is 1.77. The van der Waals surface area contributed by atoms with Crippen LogP contribution >= 0.6 is 23.2 Å². The first-order valence-electron chi connectivity index (χ1n) is 5.73. The topological polar surface area (TPSA) is 52.6 Å². The molecule has 20 heavy (non-hydrogen) atoms. The molecule has 0 fully saturated rings. The number of hydrogen-bond acceptors (Lipinski definition) is 4. The van der Waals surface area contributed by atoms with E-state index < -0.39 is 18.0 Å². The van der Waals surface area contributed by atoms with E-state index in [2.05, 4.69) is 5.92 Å². The second-order valence-electron chi connectivity index (χ2n) is 3.88. The van der Waals surface area contributed by atoms with Gasteiger partial charge in [0.2, 0.25) is 0 Å². The lowest BCUT2D eigenvalue weighted by molar-refractivity contribution is -0.148. The van der Waals surface area contributed by atoms with Gasteiger partial charge in [-0.15, -0.1) is 6.42 Å². The van der Waals surface area contributed by atoms with Crippen molar-refractivity contribution in [3.8, 4) is 18.1 Å². The molecule has 106 valence electrons. The van der Waals surface area contributed by atoms with Crippen LogP contribution < -0.4 is 4.74 Å². The van der Waals surface area contributed by atoms with Crippen molar-refractivity contribution in [1.82, 2.24) is 0 Å². The normalized spacial score (nSPS) is 11.3. The molecule has 0 radical (unpaired) electrons. The molecular formula is C14H12Cl2O4. The van der Waals surface area contributed by atoms with E-state index in [0.717, 1.165) is 0 Å². The fraction of sp³-hybridized carbons (Fsp3) is 0.286. The van der Waals surface area contributed by atoms with Crippen LogP contribution in [-0.2, 0) is 14.3 Å². The number of carbonyl (C=O) groups excluding carboxylic acids is 2. The second kappa shape index (κ2) is 7.78. The lowest BCUT2D eigenvalue weighted by atomic mass is 10.3. The molecule has 0 saturated heterocycles. The van der Waals surface area contributed by atoms with Crippen LogP contribution in [0.3, 0.4) is 0 Å². The summed E-state index contributed by atoms with van der Waals surface area (Å²) in [6.45, 7) is 1.56. The Morgan fingerprint density at radius 2 is 1.75 bits per heavy atom. The van der Waals surface area contributed by atoms with Gasteiger partial charge in [-0.3, -0.25) is 9.59 Å². The third-order valence-corrected chi connectivity index (χ3v) is 2.58. The molecule has 1 aromatic carbocycles. The predicted molar refractivity (Wildman–Crippen MR) is 75.7 cm³/mol. The number of rotatable bonds is 5. The van der Waals surface area contributed by atoms with Gasteiger partial charge in [-0.25, -0.2) is 0 Å². The van der Waals surface area contributed by atoms with Crippen molar-refractivity contribution < 1.29 is 19.1 Å². The zero-order valence-electron chi connectivity index (χ0n) is 10.7. The highest BCUT2D eigenvalue weighted by atomic mass is 35.5. The van der Waals surface area contributed by atoms with Crippen molar-refractivity contribution in [2.24, 2.45) is 0 Å². The summed E-state index contributed by atoms with van der Waals surface area (Å²) < 4.78 is 9.82. The molecule has 0 aromatic heterocycles. The molecule has 1 atom stereocenters. The van der Waals surface area contributed by atoms with E-state index in [1.54, 1.807) is 6.92 Å². The summed E-state index contributed by atoms with van der Waals surface area (Å²) in [5.74, 6) is 1.32. The molecular weight excluding hydrogens is 303 g/mol. The van der Waals surface area contributed by atoms with Crippen molar-refractivity contribution in [3.63, 3.8) is 0 Å². The van der Waals surface area contributed by atoms with Crippen molar-refractivity contribution in [2.75, 3.05) is 0 Å². The van der Waals surface area contributed by atoms with Crippen molar-refractivity contribution >= 4 is 35.1 Å². The zero-order chi connectivity index (χ0) is 15.1. The Bertz CT molecular complexity index is 528. The molecule has 0 saturated carbocycles. The summed E-state index contributed by atoms with van der Waals surface area (Å²) in [5, 5.41) is 0.699. The van der Waals surface area contributed by atoms with Crippen LogP contribution in [0, 0.1) is 12.3 Å². The summed E-state index contributed by atoms with van der Waals surface area (Å²) >= 11 is 11.5. The third kappa shape index (κ3) is 5.96. The van der Waals surface area contributed by atoms with Gasteiger partial charge in [0.1, 0.15) is 5.75 Å². The van der Waals surface area contributed by atoms with E-state index in [1.165, 1.54) is 18.2 Å². The van der Waals surface area contributed by atoms with Crippen LogP contribution in [-0.4, -0.2) is 18.0 Å². The highest BCUT2D eigenvalue weighted by Crippen LogP contribution is 2.24. The van der Waals surface area contributed by atoms with Gasteiger partial charge in [-0.1, -0.05) is 29.1 Å². The second-order valence-corrected chi connectivity index (χ2v) is 4.75. The molecule has 1 unspecified atom stereocenters. The Morgan fingerprint density at radius 3 is 2.30 bits per heavy atom. The number of ether oxygens (including phenoxy) is 2.